The topological polar surface area (TPSA) is 84.5 Å². The molecule has 0 aliphatic rings. The van der Waals surface area contributed by atoms with Crippen LogP contribution in [0.25, 0.3) is 0 Å². The number of carbonyl (C=O) groups is 3. The summed E-state index contributed by atoms with van der Waals surface area (Å²) in [5.74, 6) is -0.485. The summed E-state index contributed by atoms with van der Waals surface area (Å²) in [6, 6.07) is 13.0. The molecular weight excluding hydrogens is 364 g/mol. The van der Waals surface area contributed by atoms with Crippen molar-refractivity contribution in [3.05, 3.63) is 64.1 Å². The second-order valence-corrected chi connectivity index (χ2v) is 5.40. The van der Waals surface area contributed by atoms with E-state index in [1.165, 1.54) is 0 Å². The van der Waals surface area contributed by atoms with Crippen LogP contribution in [0.15, 0.2) is 53.0 Å². The molecule has 0 unspecified atom stereocenters. The summed E-state index contributed by atoms with van der Waals surface area (Å²) in [6.45, 7) is -0.263. The van der Waals surface area contributed by atoms with E-state index in [2.05, 4.69) is 26.8 Å². The summed E-state index contributed by atoms with van der Waals surface area (Å²) in [4.78, 5) is 33.9. The Morgan fingerprint density at radius 1 is 1.00 bits per heavy atom. The van der Waals surface area contributed by atoms with Crippen molar-refractivity contribution < 1.29 is 19.1 Å². The Morgan fingerprint density at radius 2 is 1.65 bits per heavy atom. The van der Waals surface area contributed by atoms with Gasteiger partial charge in [-0.15, -0.1) is 0 Å². The zero-order valence-electron chi connectivity index (χ0n) is 11.9. The normalized spacial score (nSPS) is 9.78. The highest BCUT2D eigenvalue weighted by atomic mass is 79.9. The highest BCUT2D eigenvalue weighted by molar-refractivity contribution is 9.10. The van der Waals surface area contributed by atoms with Crippen LogP contribution in [0.4, 0.5) is 0 Å². The predicted octanol–water partition coefficient (Wildman–Crippen LogP) is 2.10. The van der Waals surface area contributed by atoms with Gasteiger partial charge in [0.25, 0.3) is 11.8 Å². The van der Waals surface area contributed by atoms with E-state index in [9.17, 15) is 14.4 Å². The van der Waals surface area contributed by atoms with Crippen molar-refractivity contribution >= 4 is 34.0 Å². The molecule has 0 saturated carbocycles. The van der Waals surface area contributed by atoms with Crippen molar-refractivity contribution in [2.75, 3.05) is 6.61 Å². The third-order valence-corrected chi connectivity index (χ3v) is 3.34. The second-order valence-electron chi connectivity index (χ2n) is 4.48. The van der Waals surface area contributed by atoms with Gasteiger partial charge < -0.3 is 4.74 Å². The Kier molecular flexibility index (Phi) is 5.87. The number of hydrogen-bond donors (Lipinski definition) is 2. The van der Waals surface area contributed by atoms with Crippen LogP contribution >= 0.6 is 15.9 Å². The summed E-state index contributed by atoms with van der Waals surface area (Å²) >= 11 is 3.27. The molecule has 0 aliphatic heterocycles. The molecule has 0 saturated heterocycles. The van der Waals surface area contributed by atoms with Crippen LogP contribution in [-0.4, -0.2) is 24.7 Å². The van der Waals surface area contributed by atoms with Gasteiger partial charge in [0.05, 0.1) is 0 Å². The number of halogens is 1. The van der Waals surface area contributed by atoms with Gasteiger partial charge in [0.1, 0.15) is 12.0 Å². The van der Waals surface area contributed by atoms with Crippen LogP contribution in [0.3, 0.4) is 0 Å². The summed E-state index contributed by atoms with van der Waals surface area (Å²) in [5, 5.41) is 0. The molecule has 118 valence electrons. The van der Waals surface area contributed by atoms with Crippen molar-refractivity contribution in [1.82, 2.24) is 10.9 Å². The molecule has 7 heteroatoms. The Morgan fingerprint density at radius 3 is 2.26 bits per heavy atom. The minimum absolute atomic E-state index is 0.263. The first-order chi connectivity index (χ1) is 11.1. The molecule has 6 nitrogen and oxygen atoms in total. The highest BCUT2D eigenvalue weighted by Gasteiger charge is 2.07. The van der Waals surface area contributed by atoms with Crippen molar-refractivity contribution in [3.8, 4) is 5.75 Å². The fourth-order valence-corrected chi connectivity index (χ4v) is 1.89. The first-order valence-corrected chi connectivity index (χ1v) is 7.40. The van der Waals surface area contributed by atoms with Crippen LogP contribution < -0.4 is 15.6 Å². The van der Waals surface area contributed by atoms with Crippen LogP contribution in [0.2, 0.25) is 0 Å². The van der Waals surface area contributed by atoms with Gasteiger partial charge in [-0.05, 0) is 48.5 Å². The third kappa shape index (κ3) is 5.23. The average Bonchev–Trinajstić information content (AvgIpc) is 2.59. The summed E-state index contributed by atoms with van der Waals surface area (Å²) < 4.78 is 6.09. The standard InChI is InChI=1S/C16H13BrN2O4/c17-13-5-3-12(4-6-13)16(22)19-18-15(21)10-23-14-7-1-11(9-20)2-8-14/h1-9H,10H2,(H,18,21)(H,19,22). The summed E-state index contributed by atoms with van der Waals surface area (Å²) in [6.07, 6.45) is 0.716. The Hall–Kier alpha value is -2.67. The number of rotatable bonds is 5. The van der Waals surface area contributed by atoms with E-state index in [0.29, 0.717) is 23.2 Å². The number of nitrogens with one attached hydrogen (secondary N) is 2. The molecule has 2 amide bonds. The van der Waals surface area contributed by atoms with E-state index in [4.69, 9.17) is 4.74 Å². The van der Waals surface area contributed by atoms with Gasteiger partial charge in [0.15, 0.2) is 6.61 Å². The average molecular weight is 377 g/mol. The fourth-order valence-electron chi connectivity index (χ4n) is 1.63. The smallest absolute Gasteiger partial charge is 0.276 e. The van der Waals surface area contributed by atoms with Gasteiger partial charge in [-0.1, -0.05) is 15.9 Å². The molecule has 0 atom stereocenters. The van der Waals surface area contributed by atoms with E-state index in [1.807, 2.05) is 0 Å². The maximum atomic E-state index is 11.8. The minimum atomic E-state index is -0.505. The molecule has 0 radical (unpaired) electrons. The predicted molar refractivity (Wildman–Crippen MR) is 87.1 cm³/mol. The Balaban J connectivity index is 1.77. The first-order valence-electron chi connectivity index (χ1n) is 6.61. The van der Waals surface area contributed by atoms with E-state index in [0.717, 1.165) is 4.47 Å². The van der Waals surface area contributed by atoms with E-state index in [1.54, 1.807) is 48.5 Å². The maximum absolute atomic E-state index is 11.8. The molecule has 2 rings (SSSR count). The maximum Gasteiger partial charge on any atom is 0.276 e. The molecule has 0 heterocycles. The fraction of sp³-hybridized carbons (Fsp3) is 0.0625. The molecule has 0 aliphatic carbocycles. The van der Waals surface area contributed by atoms with Crippen LogP contribution in [0, 0.1) is 0 Å². The number of aldehydes is 1. The van der Waals surface area contributed by atoms with Crippen molar-refractivity contribution in [2.45, 2.75) is 0 Å². The lowest BCUT2D eigenvalue weighted by Crippen LogP contribution is -2.43. The zero-order valence-corrected chi connectivity index (χ0v) is 13.5. The number of ether oxygens (including phenoxy) is 1. The zero-order chi connectivity index (χ0) is 16.7. The molecule has 0 bridgehead atoms. The molecular formula is C16H13BrN2O4. The number of hydrazine groups is 1. The van der Waals surface area contributed by atoms with Crippen LogP contribution in [-0.2, 0) is 4.79 Å². The van der Waals surface area contributed by atoms with Crippen LogP contribution in [0.1, 0.15) is 20.7 Å². The lowest BCUT2D eigenvalue weighted by molar-refractivity contribution is -0.123. The van der Waals surface area contributed by atoms with Gasteiger partial charge in [-0.25, -0.2) is 0 Å². The van der Waals surface area contributed by atoms with Gasteiger partial charge in [-0.2, -0.15) is 0 Å². The van der Waals surface area contributed by atoms with Crippen LogP contribution in [0.5, 0.6) is 5.75 Å². The van der Waals surface area contributed by atoms with Crippen molar-refractivity contribution in [1.29, 1.82) is 0 Å². The molecule has 23 heavy (non-hydrogen) atoms. The molecule has 0 fully saturated rings. The van der Waals surface area contributed by atoms with Crippen molar-refractivity contribution in [2.24, 2.45) is 0 Å². The SMILES string of the molecule is O=Cc1ccc(OCC(=O)NNC(=O)c2ccc(Br)cc2)cc1. The molecule has 2 aromatic rings. The van der Waals surface area contributed by atoms with E-state index in [-0.39, 0.29) is 6.61 Å². The van der Waals surface area contributed by atoms with Gasteiger partial charge in [0, 0.05) is 15.6 Å². The second kappa shape index (κ2) is 8.09. The Bertz CT molecular complexity index is 699. The molecule has 2 aromatic carbocycles. The number of carbonyl (C=O) groups excluding carboxylic acids is 3. The third-order valence-electron chi connectivity index (χ3n) is 2.81. The number of hydrogen-bond acceptors (Lipinski definition) is 4. The minimum Gasteiger partial charge on any atom is -0.484 e. The lowest BCUT2D eigenvalue weighted by atomic mass is 10.2. The monoisotopic (exact) mass is 376 g/mol. The number of amides is 2. The van der Waals surface area contributed by atoms with Gasteiger partial charge in [0.2, 0.25) is 0 Å². The Labute approximate surface area is 140 Å². The quantitative estimate of drug-likeness (QED) is 0.618. The highest BCUT2D eigenvalue weighted by Crippen LogP contribution is 2.11. The summed E-state index contributed by atoms with van der Waals surface area (Å²) in [7, 11) is 0. The van der Waals surface area contributed by atoms with E-state index >= 15 is 0 Å². The molecule has 0 aromatic heterocycles. The van der Waals surface area contributed by atoms with E-state index < -0.39 is 11.8 Å². The van der Waals surface area contributed by atoms with Gasteiger partial charge in [-0.3, -0.25) is 25.2 Å². The lowest BCUT2D eigenvalue weighted by Gasteiger charge is -2.09. The van der Waals surface area contributed by atoms with Crippen molar-refractivity contribution in [3.63, 3.8) is 0 Å². The largest absolute Gasteiger partial charge is 0.484 e. The number of benzene rings is 2. The molecule has 2 N–H and O–H groups in total. The summed E-state index contributed by atoms with van der Waals surface area (Å²) in [5.41, 5.74) is 5.48. The first kappa shape index (κ1) is 16.7. The van der Waals surface area contributed by atoms with Gasteiger partial charge >= 0.3 is 0 Å². The molecule has 0 spiro atoms.